The Kier molecular flexibility index (Phi) is 4.99. The zero-order valence-corrected chi connectivity index (χ0v) is 15.0. The van der Waals surface area contributed by atoms with Crippen molar-refractivity contribution in [2.45, 2.75) is 18.2 Å². The minimum atomic E-state index is -3.75. The summed E-state index contributed by atoms with van der Waals surface area (Å²) in [7, 11) is -3.75. The Morgan fingerprint density at radius 2 is 2.08 bits per heavy atom. The first-order chi connectivity index (χ1) is 12.0. The number of nitrogens with one attached hydrogen (secondary N) is 1. The molecule has 3 aromatic rings. The van der Waals surface area contributed by atoms with E-state index in [0.29, 0.717) is 23.8 Å². The van der Waals surface area contributed by atoms with Gasteiger partial charge in [0.1, 0.15) is 11.8 Å². The van der Waals surface area contributed by atoms with E-state index >= 15 is 0 Å². The van der Waals surface area contributed by atoms with Crippen LogP contribution in [0.25, 0.3) is 10.8 Å². The lowest BCUT2D eigenvalue weighted by atomic mass is 10.2. The van der Waals surface area contributed by atoms with Gasteiger partial charge in [-0.15, -0.1) is 11.3 Å². The van der Waals surface area contributed by atoms with Crippen LogP contribution in [0.3, 0.4) is 0 Å². The molecule has 0 radical (unpaired) electrons. The molecule has 0 saturated carbocycles. The highest BCUT2D eigenvalue weighted by Crippen LogP contribution is 2.26. The molecule has 2 heterocycles. The number of oxazole rings is 1. The van der Waals surface area contributed by atoms with Gasteiger partial charge in [0, 0.05) is 13.0 Å². The number of nitriles is 1. The number of rotatable bonds is 6. The minimum absolute atomic E-state index is 0.0198. The zero-order chi connectivity index (χ0) is 17.9. The number of hydrogen-bond donors (Lipinski definition) is 1. The van der Waals surface area contributed by atoms with Gasteiger partial charge in [-0.1, -0.05) is 18.2 Å². The summed E-state index contributed by atoms with van der Waals surface area (Å²) in [6.07, 6.45) is 0.397. The second-order valence-corrected chi connectivity index (χ2v) is 7.94. The lowest BCUT2D eigenvalue weighted by Gasteiger charge is -2.07. The summed E-state index contributed by atoms with van der Waals surface area (Å²) in [6.45, 7) is 1.97. The van der Waals surface area contributed by atoms with E-state index < -0.39 is 10.0 Å². The maximum atomic E-state index is 12.4. The van der Waals surface area contributed by atoms with Crippen LogP contribution in [0.2, 0.25) is 0 Å². The Balaban J connectivity index is 1.70. The first kappa shape index (κ1) is 17.4. The van der Waals surface area contributed by atoms with E-state index in [4.69, 9.17) is 9.68 Å². The lowest BCUT2D eigenvalue weighted by molar-refractivity contribution is 0.539. The number of benzene rings is 1. The van der Waals surface area contributed by atoms with Gasteiger partial charge in [0.15, 0.2) is 0 Å². The quantitative estimate of drug-likeness (QED) is 0.716. The molecule has 0 aliphatic carbocycles. The molecule has 3 rings (SSSR count). The third kappa shape index (κ3) is 3.79. The van der Waals surface area contributed by atoms with E-state index in [-0.39, 0.29) is 17.0 Å². The Labute approximate surface area is 149 Å². The molecule has 6 nitrogen and oxygen atoms in total. The van der Waals surface area contributed by atoms with E-state index in [1.165, 1.54) is 23.5 Å². The summed E-state index contributed by atoms with van der Waals surface area (Å²) in [6, 6.07) is 11.8. The molecule has 2 aromatic heterocycles. The fourth-order valence-corrected chi connectivity index (χ4v) is 4.18. The Morgan fingerprint density at radius 1 is 1.28 bits per heavy atom. The van der Waals surface area contributed by atoms with Crippen LogP contribution in [0.4, 0.5) is 0 Å². The molecule has 25 heavy (non-hydrogen) atoms. The van der Waals surface area contributed by atoms with Crippen molar-refractivity contribution in [1.29, 1.82) is 5.26 Å². The molecular weight excluding hydrogens is 358 g/mol. The summed E-state index contributed by atoms with van der Waals surface area (Å²) >= 11 is 1.53. The van der Waals surface area contributed by atoms with Crippen molar-refractivity contribution in [2.24, 2.45) is 0 Å². The van der Waals surface area contributed by atoms with E-state index in [1.54, 1.807) is 19.1 Å². The van der Waals surface area contributed by atoms with E-state index in [1.807, 2.05) is 23.6 Å². The fraction of sp³-hybridized carbons (Fsp3) is 0.176. The molecule has 0 atom stereocenters. The summed E-state index contributed by atoms with van der Waals surface area (Å²) in [5.74, 6) is 1.21. The van der Waals surface area contributed by atoms with Crippen molar-refractivity contribution in [3.8, 4) is 16.8 Å². The topological polar surface area (TPSA) is 96.0 Å². The molecule has 1 aromatic carbocycles. The maximum absolute atomic E-state index is 12.4. The van der Waals surface area contributed by atoms with Crippen LogP contribution >= 0.6 is 11.3 Å². The van der Waals surface area contributed by atoms with Crippen molar-refractivity contribution in [3.05, 3.63) is 58.8 Å². The van der Waals surface area contributed by atoms with Crippen molar-refractivity contribution in [2.75, 3.05) is 6.54 Å². The molecule has 8 heteroatoms. The highest BCUT2D eigenvalue weighted by molar-refractivity contribution is 7.89. The number of hydrogen-bond acceptors (Lipinski definition) is 6. The molecular formula is C17H15N3O3S2. The molecule has 128 valence electrons. The second-order valence-electron chi connectivity index (χ2n) is 5.25. The Morgan fingerprint density at radius 3 is 2.80 bits per heavy atom. The smallest absolute Gasteiger partial charge is 0.241 e. The Bertz CT molecular complexity index is 1020. The summed E-state index contributed by atoms with van der Waals surface area (Å²) in [5.41, 5.74) is 0.826. The summed E-state index contributed by atoms with van der Waals surface area (Å²) in [4.78, 5) is 5.34. The van der Waals surface area contributed by atoms with Gasteiger partial charge in [0.2, 0.25) is 15.9 Å². The highest BCUT2D eigenvalue weighted by atomic mass is 32.2. The standard InChI is InChI=1S/C17H15N3O3S2/c1-12-14(20-17(23-12)15-6-4-10-24-15)8-9-19-25(21,22)16-7-3-2-5-13(16)11-18/h2-7,10,19H,8-9H2,1H3. The number of aromatic nitrogens is 1. The number of nitrogens with zero attached hydrogens (tertiary/aromatic N) is 2. The monoisotopic (exact) mass is 373 g/mol. The third-order valence-electron chi connectivity index (χ3n) is 3.58. The van der Waals surface area contributed by atoms with Gasteiger partial charge in [0.25, 0.3) is 0 Å². The largest absolute Gasteiger partial charge is 0.440 e. The van der Waals surface area contributed by atoms with Gasteiger partial charge < -0.3 is 4.42 Å². The van der Waals surface area contributed by atoms with Crippen molar-refractivity contribution in [3.63, 3.8) is 0 Å². The molecule has 0 amide bonds. The van der Waals surface area contributed by atoms with E-state index in [9.17, 15) is 8.42 Å². The van der Waals surface area contributed by atoms with Crippen LogP contribution < -0.4 is 4.72 Å². The second kappa shape index (κ2) is 7.19. The zero-order valence-electron chi connectivity index (χ0n) is 13.4. The van der Waals surface area contributed by atoms with Crippen LogP contribution in [0.5, 0.6) is 0 Å². The maximum Gasteiger partial charge on any atom is 0.241 e. The average molecular weight is 373 g/mol. The predicted octanol–water partition coefficient (Wildman–Crippen LogP) is 3.10. The first-order valence-corrected chi connectivity index (χ1v) is 9.86. The molecule has 0 unspecified atom stereocenters. The number of thiophene rings is 1. The van der Waals surface area contributed by atoms with Crippen molar-refractivity contribution >= 4 is 21.4 Å². The Hall–Kier alpha value is -2.47. The molecule has 0 saturated heterocycles. The van der Waals surface area contributed by atoms with Crippen LogP contribution in [0, 0.1) is 18.3 Å². The van der Waals surface area contributed by atoms with Crippen LogP contribution in [-0.4, -0.2) is 19.9 Å². The third-order valence-corrected chi connectivity index (χ3v) is 5.95. The molecule has 0 fully saturated rings. The predicted molar refractivity (Wildman–Crippen MR) is 94.6 cm³/mol. The lowest BCUT2D eigenvalue weighted by Crippen LogP contribution is -2.26. The average Bonchev–Trinajstić information content (AvgIpc) is 3.25. The fourth-order valence-electron chi connectivity index (χ4n) is 2.34. The van der Waals surface area contributed by atoms with Gasteiger partial charge in [-0.25, -0.2) is 18.1 Å². The molecule has 0 bridgehead atoms. The SMILES string of the molecule is Cc1oc(-c2cccs2)nc1CCNS(=O)(=O)c1ccccc1C#N. The van der Waals surface area contributed by atoms with Gasteiger partial charge >= 0.3 is 0 Å². The molecule has 0 aliphatic heterocycles. The van der Waals surface area contributed by atoms with Crippen LogP contribution in [-0.2, 0) is 16.4 Å². The van der Waals surface area contributed by atoms with Crippen molar-refractivity contribution in [1.82, 2.24) is 9.71 Å². The van der Waals surface area contributed by atoms with Crippen molar-refractivity contribution < 1.29 is 12.8 Å². The van der Waals surface area contributed by atoms with Crippen LogP contribution in [0.15, 0.2) is 51.1 Å². The van der Waals surface area contributed by atoms with Gasteiger partial charge in [-0.2, -0.15) is 5.26 Å². The van der Waals surface area contributed by atoms with E-state index in [0.717, 1.165) is 4.88 Å². The van der Waals surface area contributed by atoms with Gasteiger partial charge in [-0.3, -0.25) is 0 Å². The molecule has 0 aliphatic rings. The summed E-state index contributed by atoms with van der Waals surface area (Å²) < 4.78 is 32.9. The van der Waals surface area contributed by atoms with Crippen LogP contribution in [0.1, 0.15) is 17.0 Å². The highest BCUT2D eigenvalue weighted by Gasteiger charge is 2.18. The van der Waals surface area contributed by atoms with Gasteiger partial charge in [0.05, 0.1) is 21.0 Å². The molecule has 0 spiro atoms. The van der Waals surface area contributed by atoms with Gasteiger partial charge in [-0.05, 0) is 30.5 Å². The molecule has 1 N–H and O–H groups in total. The summed E-state index contributed by atoms with van der Waals surface area (Å²) in [5, 5.41) is 11.0. The number of sulfonamides is 1. The first-order valence-electron chi connectivity index (χ1n) is 7.50. The minimum Gasteiger partial charge on any atom is -0.440 e. The van der Waals surface area contributed by atoms with E-state index in [2.05, 4.69) is 9.71 Å². The number of aryl methyl sites for hydroxylation is 1. The normalized spacial score (nSPS) is 11.4.